The molecule has 6 aliphatic rings. The molecule has 4 saturated carbocycles. The first-order valence-corrected chi connectivity index (χ1v) is 11.2. The Labute approximate surface area is 165 Å². The van der Waals surface area contributed by atoms with E-state index in [0.29, 0.717) is 12.0 Å². The zero-order chi connectivity index (χ0) is 19.1. The van der Waals surface area contributed by atoms with Crippen LogP contribution in [0.25, 0.3) is 0 Å². The lowest BCUT2D eigenvalue weighted by Gasteiger charge is -2.59. The molecule has 1 unspecified atom stereocenters. The van der Waals surface area contributed by atoms with Crippen molar-refractivity contribution in [2.45, 2.75) is 95.6 Å². The van der Waals surface area contributed by atoms with Gasteiger partial charge in [0.05, 0.1) is 24.4 Å². The first-order valence-electron chi connectivity index (χ1n) is 11.2. The minimum atomic E-state index is -0.287. The van der Waals surface area contributed by atoms with Gasteiger partial charge in [-0.3, -0.25) is 0 Å². The summed E-state index contributed by atoms with van der Waals surface area (Å²) in [6.45, 7) is 14.4. The van der Waals surface area contributed by atoms with E-state index in [2.05, 4.69) is 34.3 Å². The molecule has 6 rings (SSSR count). The Morgan fingerprint density at radius 1 is 0.926 bits per heavy atom. The molecule has 4 bridgehead atoms. The quantitative estimate of drug-likeness (QED) is 0.490. The second-order valence-electron chi connectivity index (χ2n) is 12.0. The van der Waals surface area contributed by atoms with Crippen LogP contribution < -0.4 is 0 Å². The number of hydrogen-bond donors (Lipinski definition) is 0. The van der Waals surface area contributed by atoms with Gasteiger partial charge < -0.3 is 14.0 Å². The highest BCUT2D eigenvalue weighted by Gasteiger charge is 2.63. The maximum absolute atomic E-state index is 6.63. The second-order valence-corrected chi connectivity index (χ2v) is 12.0. The van der Waals surface area contributed by atoms with Gasteiger partial charge in [-0.15, -0.1) is 0 Å². The van der Waals surface area contributed by atoms with Crippen molar-refractivity contribution < 1.29 is 14.0 Å². The van der Waals surface area contributed by atoms with E-state index in [1.807, 2.05) is 0 Å². The highest BCUT2D eigenvalue weighted by atomic mass is 16.7. The van der Waals surface area contributed by atoms with E-state index in [0.717, 1.165) is 30.8 Å². The van der Waals surface area contributed by atoms with Crippen molar-refractivity contribution in [2.75, 3.05) is 13.2 Å². The van der Waals surface area contributed by atoms with Crippen molar-refractivity contribution in [2.24, 2.45) is 23.2 Å². The third-order valence-corrected chi connectivity index (χ3v) is 8.94. The van der Waals surface area contributed by atoms with E-state index in [-0.39, 0.29) is 23.6 Å². The topological polar surface area (TPSA) is 27.7 Å². The zero-order valence-electron chi connectivity index (χ0n) is 17.8. The maximum Gasteiger partial charge on any atom is 0.467 e. The van der Waals surface area contributed by atoms with Crippen LogP contribution >= 0.6 is 0 Å². The van der Waals surface area contributed by atoms with Crippen LogP contribution in [0.2, 0.25) is 5.31 Å². The standard InChI is InChI=1S/C23H37BO3/c1-16-9-23(15-25-13-16,24-26-20(2,3)21(4,5)27-24)14-22-10-17-6-18(11-22)8-19(7-17)12-22/h17-19H,1,6-15H2,2-5H3. The van der Waals surface area contributed by atoms with Gasteiger partial charge in [-0.2, -0.15) is 0 Å². The highest BCUT2D eigenvalue weighted by Crippen LogP contribution is 2.66. The number of rotatable bonds is 3. The van der Waals surface area contributed by atoms with Crippen LogP contribution in [-0.4, -0.2) is 31.5 Å². The van der Waals surface area contributed by atoms with Crippen LogP contribution in [0.1, 0.15) is 79.1 Å². The third kappa shape index (κ3) is 2.97. The van der Waals surface area contributed by atoms with Crippen LogP contribution in [0.3, 0.4) is 0 Å². The van der Waals surface area contributed by atoms with E-state index in [9.17, 15) is 0 Å². The average Bonchev–Trinajstić information content (AvgIpc) is 2.74. The van der Waals surface area contributed by atoms with E-state index < -0.39 is 0 Å². The Morgan fingerprint density at radius 3 is 1.93 bits per heavy atom. The average molecular weight is 372 g/mol. The molecule has 150 valence electrons. The fourth-order valence-electron chi connectivity index (χ4n) is 7.69. The molecule has 2 heterocycles. The highest BCUT2D eigenvalue weighted by molar-refractivity contribution is 6.50. The lowest BCUT2D eigenvalue weighted by Crippen LogP contribution is -2.51. The van der Waals surface area contributed by atoms with Gasteiger partial charge in [0.2, 0.25) is 0 Å². The molecule has 1 atom stereocenters. The van der Waals surface area contributed by atoms with Gasteiger partial charge >= 0.3 is 7.12 Å². The summed E-state index contributed by atoms with van der Waals surface area (Å²) in [6, 6.07) is 0. The molecule has 2 aliphatic heterocycles. The molecule has 4 heteroatoms. The minimum Gasteiger partial charge on any atom is -0.403 e. The summed E-state index contributed by atoms with van der Waals surface area (Å²) >= 11 is 0. The first-order chi connectivity index (χ1) is 12.6. The Kier molecular flexibility index (Phi) is 4.06. The first kappa shape index (κ1) is 18.7. The van der Waals surface area contributed by atoms with Crippen LogP contribution in [0.4, 0.5) is 0 Å². The second kappa shape index (κ2) is 5.86. The Morgan fingerprint density at radius 2 is 1.44 bits per heavy atom. The van der Waals surface area contributed by atoms with Crippen LogP contribution in [-0.2, 0) is 14.0 Å². The van der Waals surface area contributed by atoms with Gasteiger partial charge in [0.1, 0.15) is 0 Å². The van der Waals surface area contributed by atoms with E-state index >= 15 is 0 Å². The molecule has 0 amide bonds. The van der Waals surface area contributed by atoms with Crippen molar-refractivity contribution in [1.82, 2.24) is 0 Å². The fourth-order valence-corrected chi connectivity index (χ4v) is 7.69. The predicted octanol–water partition coefficient (Wildman–Crippen LogP) is 5.40. The molecule has 6 fully saturated rings. The summed E-state index contributed by atoms with van der Waals surface area (Å²) in [5.41, 5.74) is 1.12. The van der Waals surface area contributed by atoms with Crippen molar-refractivity contribution >= 4 is 7.12 Å². The van der Waals surface area contributed by atoms with Gasteiger partial charge in [0.25, 0.3) is 0 Å². The maximum atomic E-state index is 6.63. The molecular weight excluding hydrogens is 335 g/mol. The number of ether oxygens (including phenoxy) is 1. The molecule has 0 aromatic rings. The van der Waals surface area contributed by atoms with Crippen molar-refractivity contribution in [3.05, 3.63) is 12.2 Å². The molecule has 0 aromatic heterocycles. The van der Waals surface area contributed by atoms with Gasteiger partial charge in [-0.1, -0.05) is 12.2 Å². The monoisotopic (exact) mass is 372 g/mol. The molecule has 27 heavy (non-hydrogen) atoms. The predicted molar refractivity (Wildman–Crippen MR) is 109 cm³/mol. The summed E-state index contributed by atoms with van der Waals surface area (Å²) in [6.07, 6.45) is 10.9. The van der Waals surface area contributed by atoms with Gasteiger partial charge in [-0.25, -0.2) is 0 Å². The molecule has 0 radical (unpaired) electrons. The SMILES string of the molecule is C=C1COCC(CC23CC4CC(CC(C4)C2)C3)(B2OC(C)(C)C(C)(C)O2)C1. The van der Waals surface area contributed by atoms with E-state index in [1.54, 1.807) is 0 Å². The van der Waals surface area contributed by atoms with Crippen molar-refractivity contribution in [3.8, 4) is 0 Å². The van der Waals surface area contributed by atoms with Gasteiger partial charge in [-0.05, 0) is 102 Å². The summed E-state index contributed by atoms with van der Waals surface area (Å²) in [7, 11) is -0.187. The van der Waals surface area contributed by atoms with Crippen LogP contribution in [0, 0.1) is 23.2 Å². The molecule has 3 nitrogen and oxygen atoms in total. The molecule has 0 N–H and O–H groups in total. The fraction of sp³-hybridized carbons (Fsp3) is 0.913. The molecular formula is C23H37BO3. The smallest absolute Gasteiger partial charge is 0.403 e. The third-order valence-electron chi connectivity index (χ3n) is 8.94. The Hall–Kier alpha value is -0.315. The molecule has 0 spiro atoms. The normalized spacial score (nSPS) is 47.6. The molecule has 0 aromatic carbocycles. The van der Waals surface area contributed by atoms with Gasteiger partial charge in [0, 0.05) is 5.31 Å². The van der Waals surface area contributed by atoms with Crippen LogP contribution in [0.5, 0.6) is 0 Å². The minimum absolute atomic E-state index is 0.0773. The summed E-state index contributed by atoms with van der Waals surface area (Å²) < 4.78 is 19.4. The lowest BCUT2D eigenvalue weighted by atomic mass is 9.42. The van der Waals surface area contributed by atoms with E-state index in [1.165, 1.54) is 50.5 Å². The van der Waals surface area contributed by atoms with Gasteiger partial charge in [0.15, 0.2) is 0 Å². The Balaban J connectivity index is 1.46. The van der Waals surface area contributed by atoms with Crippen molar-refractivity contribution in [1.29, 1.82) is 0 Å². The summed E-state index contributed by atoms with van der Waals surface area (Å²) in [5, 5.41) is -0.0773. The lowest BCUT2D eigenvalue weighted by molar-refractivity contribution is -0.0747. The number of hydrogen-bond acceptors (Lipinski definition) is 3. The molecule has 4 aliphatic carbocycles. The summed E-state index contributed by atoms with van der Waals surface area (Å²) in [5.74, 6) is 2.91. The zero-order valence-corrected chi connectivity index (χ0v) is 17.8. The Bertz CT molecular complexity index is 588. The summed E-state index contributed by atoms with van der Waals surface area (Å²) in [4.78, 5) is 0. The largest absolute Gasteiger partial charge is 0.467 e. The van der Waals surface area contributed by atoms with Crippen molar-refractivity contribution in [3.63, 3.8) is 0 Å². The van der Waals surface area contributed by atoms with E-state index in [4.69, 9.17) is 14.0 Å². The van der Waals surface area contributed by atoms with Crippen LogP contribution in [0.15, 0.2) is 12.2 Å². The molecule has 2 saturated heterocycles.